The number of benzene rings is 2. The molecule has 3 rings (SSSR count). The van der Waals surface area contributed by atoms with Crippen molar-refractivity contribution in [2.75, 3.05) is 6.54 Å². The SMILES string of the molecule is N#CCn1c(COC(=O)CNC(=O)c2ccc(F)cc2)nc2ccccc2c1=O. The summed E-state index contributed by atoms with van der Waals surface area (Å²) in [5.41, 5.74) is 0.202. The topological polar surface area (TPSA) is 114 Å². The van der Waals surface area contributed by atoms with Crippen molar-refractivity contribution >= 4 is 22.8 Å². The normalized spacial score (nSPS) is 10.3. The summed E-state index contributed by atoms with van der Waals surface area (Å²) < 4.78 is 19.1. The van der Waals surface area contributed by atoms with Crippen LogP contribution in [0.5, 0.6) is 0 Å². The molecule has 9 heteroatoms. The average Bonchev–Trinajstić information content (AvgIpc) is 2.73. The number of hydrogen-bond donors (Lipinski definition) is 1. The molecule has 0 unspecified atom stereocenters. The van der Waals surface area contributed by atoms with Crippen molar-refractivity contribution in [3.63, 3.8) is 0 Å². The summed E-state index contributed by atoms with van der Waals surface area (Å²) in [6, 6.07) is 13.4. The van der Waals surface area contributed by atoms with Crippen LogP contribution in [0.25, 0.3) is 10.9 Å². The fraction of sp³-hybridized carbons (Fsp3) is 0.150. The number of nitriles is 1. The van der Waals surface area contributed by atoms with Gasteiger partial charge in [-0.15, -0.1) is 0 Å². The van der Waals surface area contributed by atoms with E-state index in [2.05, 4.69) is 10.3 Å². The lowest BCUT2D eigenvalue weighted by molar-refractivity contribution is -0.144. The smallest absolute Gasteiger partial charge is 0.325 e. The van der Waals surface area contributed by atoms with Gasteiger partial charge in [0.1, 0.15) is 25.5 Å². The number of rotatable bonds is 6. The van der Waals surface area contributed by atoms with Crippen molar-refractivity contribution in [3.05, 3.63) is 76.1 Å². The van der Waals surface area contributed by atoms with E-state index >= 15 is 0 Å². The van der Waals surface area contributed by atoms with Crippen LogP contribution >= 0.6 is 0 Å². The Hall–Kier alpha value is -4.06. The van der Waals surface area contributed by atoms with Gasteiger partial charge >= 0.3 is 5.97 Å². The molecule has 0 saturated heterocycles. The standard InChI is InChI=1S/C20H15FN4O4/c21-14-7-5-13(6-8-14)19(27)23-11-18(26)29-12-17-24-16-4-2-1-3-15(16)20(28)25(17)10-9-22/h1-8H,10-12H2,(H,23,27). The molecular formula is C20H15FN4O4. The molecule has 2 aromatic carbocycles. The maximum Gasteiger partial charge on any atom is 0.325 e. The van der Waals surface area contributed by atoms with Crippen LogP contribution in [0, 0.1) is 17.1 Å². The molecule has 1 aromatic heterocycles. The van der Waals surface area contributed by atoms with E-state index in [0.29, 0.717) is 10.9 Å². The monoisotopic (exact) mass is 394 g/mol. The van der Waals surface area contributed by atoms with Crippen molar-refractivity contribution in [2.24, 2.45) is 0 Å². The Labute approximate surface area is 164 Å². The fourth-order valence-corrected chi connectivity index (χ4v) is 2.61. The fourth-order valence-electron chi connectivity index (χ4n) is 2.61. The van der Waals surface area contributed by atoms with Crippen LogP contribution in [-0.4, -0.2) is 28.0 Å². The molecule has 8 nitrogen and oxygen atoms in total. The molecule has 1 amide bonds. The first kappa shape index (κ1) is 19.7. The number of nitrogens with zero attached hydrogens (tertiary/aromatic N) is 3. The molecule has 0 fully saturated rings. The minimum Gasteiger partial charge on any atom is -0.456 e. The number of hydrogen-bond acceptors (Lipinski definition) is 6. The summed E-state index contributed by atoms with van der Waals surface area (Å²) >= 11 is 0. The molecule has 0 aliphatic rings. The second kappa shape index (κ2) is 8.75. The summed E-state index contributed by atoms with van der Waals surface area (Å²) in [7, 11) is 0. The van der Waals surface area contributed by atoms with Gasteiger partial charge in [-0.1, -0.05) is 12.1 Å². The highest BCUT2D eigenvalue weighted by Gasteiger charge is 2.14. The molecule has 146 valence electrons. The molecule has 0 saturated carbocycles. The Kier molecular flexibility index (Phi) is 5.94. The molecule has 29 heavy (non-hydrogen) atoms. The predicted molar refractivity (Wildman–Crippen MR) is 100 cm³/mol. The number of aromatic nitrogens is 2. The predicted octanol–water partition coefficient (Wildman–Crippen LogP) is 1.53. The molecule has 0 radical (unpaired) electrons. The lowest BCUT2D eigenvalue weighted by Crippen LogP contribution is -2.31. The van der Waals surface area contributed by atoms with Gasteiger partial charge in [0.05, 0.1) is 17.0 Å². The quantitative estimate of drug-likeness (QED) is 0.634. The first-order chi connectivity index (χ1) is 14.0. The van der Waals surface area contributed by atoms with E-state index in [9.17, 15) is 18.8 Å². The van der Waals surface area contributed by atoms with Gasteiger partial charge < -0.3 is 10.1 Å². The summed E-state index contributed by atoms with van der Waals surface area (Å²) in [5.74, 6) is -1.68. The highest BCUT2D eigenvalue weighted by Crippen LogP contribution is 2.09. The van der Waals surface area contributed by atoms with Crippen molar-refractivity contribution in [2.45, 2.75) is 13.2 Å². The van der Waals surface area contributed by atoms with Crippen LogP contribution in [-0.2, 0) is 22.7 Å². The van der Waals surface area contributed by atoms with E-state index < -0.39 is 29.8 Å². The Morgan fingerprint density at radius 3 is 2.62 bits per heavy atom. The third-order valence-electron chi connectivity index (χ3n) is 4.03. The van der Waals surface area contributed by atoms with Gasteiger partial charge in [-0.2, -0.15) is 5.26 Å². The second-order valence-corrected chi connectivity index (χ2v) is 5.94. The third-order valence-corrected chi connectivity index (χ3v) is 4.03. The summed E-state index contributed by atoms with van der Waals surface area (Å²) in [6.45, 7) is -1.01. The van der Waals surface area contributed by atoms with Crippen molar-refractivity contribution in [1.29, 1.82) is 5.26 Å². The van der Waals surface area contributed by atoms with Gasteiger partial charge in [-0.05, 0) is 36.4 Å². The minimum atomic E-state index is -0.758. The van der Waals surface area contributed by atoms with E-state index in [0.717, 1.165) is 16.7 Å². The number of carbonyl (C=O) groups is 2. The van der Waals surface area contributed by atoms with Gasteiger partial charge in [0.25, 0.3) is 11.5 Å². The molecule has 0 atom stereocenters. The second-order valence-electron chi connectivity index (χ2n) is 5.94. The Morgan fingerprint density at radius 1 is 1.17 bits per heavy atom. The average molecular weight is 394 g/mol. The van der Waals surface area contributed by atoms with E-state index in [1.54, 1.807) is 24.3 Å². The molecule has 1 heterocycles. The van der Waals surface area contributed by atoms with E-state index in [1.165, 1.54) is 12.1 Å². The molecule has 0 aliphatic carbocycles. The number of esters is 1. The number of amides is 1. The molecule has 0 bridgehead atoms. The van der Waals surface area contributed by atoms with E-state index in [-0.39, 0.29) is 24.5 Å². The third kappa shape index (κ3) is 4.62. The number of carbonyl (C=O) groups excluding carboxylic acids is 2. The minimum absolute atomic E-state index is 0.119. The number of ether oxygens (including phenoxy) is 1. The van der Waals surface area contributed by atoms with Gasteiger partial charge in [0.2, 0.25) is 0 Å². The molecule has 3 aromatic rings. The number of nitrogens with one attached hydrogen (secondary N) is 1. The zero-order valence-corrected chi connectivity index (χ0v) is 15.1. The molecule has 1 N–H and O–H groups in total. The summed E-state index contributed by atoms with van der Waals surface area (Å²) in [6.07, 6.45) is 0. The van der Waals surface area contributed by atoms with Crippen LogP contribution in [0.2, 0.25) is 0 Å². The van der Waals surface area contributed by atoms with Crippen molar-refractivity contribution in [1.82, 2.24) is 14.9 Å². The van der Waals surface area contributed by atoms with Gasteiger partial charge in [0, 0.05) is 5.56 Å². The first-order valence-corrected chi connectivity index (χ1v) is 8.54. The molecule has 0 spiro atoms. The van der Waals surface area contributed by atoms with Crippen LogP contribution in [0.4, 0.5) is 4.39 Å². The maximum absolute atomic E-state index is 12.9. The maximum atomic E-state index is 12.9. The molecular weight excluding hydrogens is 379 g/mol. The number of para-hydroxylation sites is 1. The van der Waals surface area contributed by atoms with Crippen molar-refractivity contribution in [3.8, 4) is 6.07 Å². The van der Waals surface area contributed by atoms with Crippen LogP contribution in [0.3, 0.4) is 0 Å². The number of fused-ring (bicyclic) bond motifs is 1. The Balaban J connectivity index is 1.66. The van der Waals surface area contributed by atoms with Crippen LogP contribution in [0.1, 0.15) is 16.2 Å². The summed E-state index contributed by atoms with van der Waals surface area (Å²) in [5, 5.41) is 11.7. The van der Waals surface area contributed by atoms with Crippen molar-refractivity contribution < 1.29 is 18.7 Å². The largest absolute Gasteiger partial charge is 0.456 e. The zero-order chi connectivity index (χ0) is 20.8. The lowest BCUT2D eigenvalue weighted by Gasteiger charge is -2.11. The van der Waals surface area contributed by atoms with Gasteiger partial charge in [-0.3, -0.25) is 19.0 Å². The Morgan fingerprint density at radius 2 is 1.90 bits per heavy atom. The molecule has 0 aliphatic heterocycles. The van der Waals surface area contributed by atoms with Crippen LogP contribution < -0.4 is 10.9 Å². The van der Waals surface area contributed by atoms with E-state index in [1.807, 2.05) is 6.07 Å². The van der Waals surface area contributed by atoms with Gasteiger partial charge in [0.15, 0.2) is 5.82 Å². The first-order valence-electron chi connectivity index (χ1n) is 8.54. The highest BCUT2D eigenvalue weighted by molar-refractivity contribution is 5.95. The van der Waals surface area contributed by atoms with Crippen LogP contribution in [0.15, 0.2) is 53.3 Å². The van der Waals surface area contributed by atoms with Gasteiger partial charge in [-0.25, -0.2) is 9.37 Å². The Bertz CT molecular complexity index is 1170. The van der Waals surface area contributed by atoms with E-state index in [4.69, 9.17) is 10.00 Å². The highest BCUT2D eigenvalue weighted by atomic mass is 19.1. The summed E-state index contributed by atoms with van der Waals surface area (Å²) in [4.78, 5) is 40.7. The lowest BCUT2D eigenvalue weighted by atomic mass is 10.2. The zero-order valence-electron chi connectivity index (χ0n) is 15.1. The number of halogens is 1.